The van der Waals surface area contributed by atoms with Crippen LogP contribution in [0.3, 0.4) is 0 Å². The predicted octanol–water partition coefficient (Wildman–Crippen LogP) is 3.61. The third-order valence-corrected chi connectivity index (χ3v) is 6.15. The molecule has 4 nitrogen and oxygen atoms in total. The van der Waals surface area contributed by atoms with Crippen molar-refractivity contribution in [3.63, 3.8) is 0 Å². The number of rotatable bonds is 6. The zero-order valence-corrected chi connectivity index (χ0v) is 15.0. The quantitative estimate of drug-likeness (QED) is 0.807. The summed E-state index contributed by atoms with van der Waals surface area (Å²) in [5.74, 6) is 0.988. The Hall–Kier alpha value is -1.94. The first-order chi connectivity index (χ1) is 12.3. The Labute approximate surface area is 150 Å². The van der Waals surface area contributed by atoms with Crippen molar-refractivity contribution in [1.29, 1.82) is 0 Å². The van der Waals surface area contributed by atoms with E-state index >= 15 is 0 Å². The minimum atomic E-state index is 0.376. The van der Waals surface area contributed by atoms with Crippen molar-refractivity contribution in [2.45, 2.75) is 50.0 Å². The van der Waals surface area contributed by atoms with Crippen molar-refractivity contribution in [3.8, 4) is 5.75 Å². The van der Waals surface area contributed by atoms with Gasteiger partial charge in [-0.2, -0.15) is 0 Å². The number of methoxy groups -OCH3 is 1. The Balaban J connectivity index is 1.36. The molecule has 1 saturated heterocycles. The Bertz CT molecular complexity index is 705. The van der Waals surface area contributed by atoms with Crippen LogP contribution in [0, 0.1) is 0 Å². The number of piperidine rings is 1. The topological polar surface area (TPSA) is 38.2 Å². The van der Waals surface area contributed by atoms with Crippen LogP contribution in [0.15, 0.2) is 42.9 Å². The van der Waals surface area contributed by atoms with Crippen LogP contribution < -0.4 is 4.74 Å². The largest absolute Gasteiger partial charge is 0.497 e. The van der Waals surface area contributed by atoms with Crippen molar-refractivity contribution >= 4 is 0 Å². The smallest absolute Gasteiger partial charge is 0.119 e. The van der Waals surface area contributed by atoms with Gasteiger partial charge in [0.25, 0.3) is 0 Å². The van der Waals surface area contributed by atoms with E-state index in [0.29, 0.717) is 5.41 Å². The Morgan fingerprint density at radius 3 is 3.08 bits per heavy atom. The first-order valence-corrected chi connectivity index (χ1v) is 9.43. The Morgan fingerprint density at radius 2 is 2.24 bits per heavy atom. The van der Waals surface area contributed by atoms with Crippen molar-refractivity contribution in [3.05, 3.63) is 54.1 Å². The Morgan fingerprint density at radius 1 is 1.28 bits per heavy atom. The molecule has 4 rings (SSSR count). The molecular weight excluding hydrogens is 310 g/mol. The van der Waals surface area contributed by atoms with Gasteiger partial charge in [-0.05, 0) is 74.7 Å². The molecule has 2 fully saturated rings. The van der Waals surface area contributed by atoms with Crippen molar-refractivity contribution < 1.29 is 4.74 Å². The molecule has 0 amide bonds. The number of hydrogen-bond donors (Lipinski definition) is 0. The van der Waals surface area contributed by atoms with Crippen LogP contribution in [-0.4, -0.2) is 41.1 Å². The third kappa shape index (κ3) is 3.40. The number of likely N-dealkylation sites (tertiary alicyclic amines) is 1. The molecule has 1 aromatic carbocycles. The van der Waals surface area contributed by atoms with Gasteiger partial charge in [0, 0.05) is 24.6 Å². The van der Waals surface area contributed by atoms with E-state index in [9.17, 15) is 0 Å². The molecule has 1 aromatic heterocycles. The van der Waals surface area contributed by atoms with Crippen molar-refractivity contribution in [2.75, 3.05) is 20.2 Å². The summed E-state index contributed by atoms with van der Waals surface area (Å²) in [7, 11) is 1.76. The third-order valence-electron chi connectivity index (χ3n) is 6.15. The maximum Gasteiger partial charge on any atom is 0.119 e. The molecule has 2 atom stereocenters. The maximum absolute atomic E-state index is 5.44. The summed E-state index contributed by atoms with van der Waals surface area (Å²) in [6.45, 7) is 2.39. The maximum atomic E-state index is 5.44. The predicted molar refractivity (Wildman–Crippen MR) is 98.9 cm³/mol. The van der Waals surface area contributed by atoms with Gasteiger partial charge in [0.2, 0.25) is 0 Å². The number of nitrogens with zero attached hydrogens (tertiary/aromatic N) is 3. The van der Waals surface area contributed by atoms with Crippen LogP contribution >= 0.6 is 0 Å². The molecule has 0 spiro atoms. The first kappa shape index (κ1) is 16.5. The molecule has 25 heavy (non-hydrogen) atoms. The van der Waals surface area contributed by atoms with E-state index in [1.807, 2.05) is 12.3 Å². The van der Waals surface area contributed by atoms with E-state index < -0.39 is 0 Å². The summed E-state index contributed by atoms with van der Waals surface area (Å²) in [5, 5.41) is 0. The van der Waals surface area contributed by atoms with Gasteiger partial charge in [-0.3, -0.25) is 9.97 Å². The van der Waals surface area contributed by atoms with Crippen molar-refractivity contribution in [2.24, 2.45) is 0 Å². The summed E-state index contributed by atoms with van der Waals surface area (Å²) >= 11 is 0. The molecule has 132 valence electrons. The zero-order valence-electron chi connectivity index (χ0n) is 15.0. The highest BCUT2D eigenvalue weighted by Gasteiger charge is 2.46. The molecule has 1 saturated carbocycles. The molecule has 1 aliphatic heterocycles. The molecule has 4 heteroatoms. The lowest BCUT2D eigenvalue weighted by molar-refractivity contribution is 0.139. The van der Waals surface area contributed by atoms with Crippen LogP contribution in [0.1, 0.15) is 43.4 Å². The number of aromatic nitrogens is 2. The highest BCUT2D eigenvalue weighted by Crippen LogP contribution is 2.49. The average molecular weight is 337 g/mol. The van der Waals surface area contributed by atoms with E-state index in [1.165, 1.54) is 50.8 Å². The van der Waals surface area contributed by atoms with Crippen LogP contribution in [0.2, 0.25) is 0 Å². The molecule has 0 N–H and O–H groups in total. The summed E-state index contributed by atoms with van der Waals surface area (Å²) in [6.07, 6.45) is 12.8. The minimum Gasteiger partial charge on any atom is -0.497 e. The lowest BCUT2D eigenvalue weighted by Gasteiger charge is -2.40. The number of aryl methyl sites for hydroxylation is 1. The molecule has 1 aliphatic carbocycles. The lowest BCUT2D eigenvalue weighted by Crippen LogP contribution is -2.43. The fraction of sp³-hybridized carbons (Fsp3) is 0.524. The second-order valence-electron chi connectivity index (χ2n) is 7.50. The van der Waals surface area contributed by atoms with E-state index in [4.69, 9.17) is 4.74 Å². The van der Waals surface area contributed by atoms with E-state index in [2.05, 4.69) is 33.1 Å². The van der Waals surface area contributed by atoms with Gasteiger partial charge in [-0.15, -0.1) is 0 Å². The highest BCUT2D eigenvalue weighted by molar-refractivity contribution is 5.35. The van der Waals surface area contributed by atoms with Gasteiger partial charge < -0.3 is 9.64 Å². The fourth-order valence-electron chi connectivity index (χ4n) is 4.75. The van der Waals surface area contributed by atoms with Crippen LogP contribution in [0.25, 0.3) is 0 Å². The first-order valence-electron chi connectivity index (χ1n) is 9.43. The van der Waals surface area contributed by atoms with Crippen molar-refractivity contribution in [1.82, 2.24) is 14.9 Å². The fourth-order valence-corrected chi connectivity index (χ4v) is 4.75. The summed E-state index contributed by atoms with van der Waals surface area (Å²) in [4.78, 5) is 11.3. The normalized spacial score (nSPS) is 25.9. The average Bonchev–Trinajstić information content (AvgIpc) is 3.03. The van der Waals surface area contributed by atoms with Gasteiger partial charge in [0.15, 0.2) is 0 Å². The molecule has 2 unspecified atom stereocenters. The van der Waals surface area contributed by atoms with Gasteiger partial charge in [-0.25, -0.2) is 0 Å². The van der Waals surface area contributed by atoms with Gasteiger partial charge >= 0.3 is 0 Å². The molecule has 0 radical (unpaired) electrons. The van der Waals surface area contributed by atoms with E-state index in [-0.39, 0.29) is 0 Å². The van der Waals surface area contributed by atoms with Gasteiger partial charge in [0.05, 0.1) is 12.8 Å². The van der Waals surface area contributed by atoms with E-state index in [1.54, 1.807) is 19.5 Å². The van der Waals surface area contributed by atoms with Crippen LogP contribution in [0.4, 0.5) is 0 Å². The molecule has 2 aromatic rings. The second-order valence-corrected chi connectivity index (χ2v) is 7.50. The number of hydrogen-bond acceptors (Lipinski definition) is 4. The number of fused-ring (bicyclic) bond motifs is 2. The van der Waals surface area contributed by atoms with Crippen LogP contribution in [0.5, 0.6) is 5.75 Å². The standard InChI is InChI=1S/C21H27N3O/c1-25-20-6-2-4-17(14-20)21-8-7-19(15-21)24(13-9-21)12-3-5-18-16-22-10-11-23-18/h2,4,6,10-11,14,16,19H,3,5,7-9,12-13,15H2,1H3. The number of ether oxygens (including phenoxy) is 1. The van der Waals surface area contributed by atoms with Gasteiger partial charge in [0.1, 0.15) is 5.75 Å². The summed E-state index contributed by atoms with van der Waals surface area (Å²) in [5.41, 5.74) is 2.96. The SMILES string of the molecule is COc1cccc(C23CCC(C2)N(CCCc2cnccn2)CC3)c1. The Kier molecular flexibility index (Phi) is 4.71. The molecule has 2 heterocycles. The van der Waals surface area contributed by atoms with E-state index in [0.717, 1.165) is 23.9 Å². The zero-order chi connectivity index (χ0) is 17.1. The molecular formula is C21H27N3O. The highest BCUT2D eigenvalue weighted by atomic mass is 16.5. The summed E-state index contributed by atoms with van der Waals surface area (Å²) in [6, 6.07) is 9.49. The molecule has 2 aliphatic rings. The summed E-state index contributed by atoms with van der Waals surface area (Å²) < 4.78 is 5.44. The molecule has 2 bridgehead atoms. The number of benzene rings is 1. The minimum absolute atomic E-state index is 0.376. The monoisotopic (exact) mass is 337 g/mol. The lowest BCUT2D eigenvalue weighted by atomic mass is 9.74. The van der Waals surface area contributed by atoms with Crippen LogP contribution in [-0.2, 0) is 11.8 Å². The van der Waals surface area contributed by atoms with Gasteiger partial charge in [-0.1, -0.05) is 12.1 Å². The second kappa shape index (κ2) is 7.12.